The zero-order chi connectivity index (χ0) is 24.7. The molecule has 0 bridgehead atoms. The van der Waals surface area contributed by atoms with Crippen molar-refractivity contribution in [1.29, 1.82) is 0 Å². The van der Waals surface area contributed by atoms with Crippen molar-refractivity contribution in [3.8, 4) is 11.5 Å². The van der Waals surface area contributed by atoms with E-state index in [0.29, 0.717) is 30.3 Å². The van der Waals surface area contributed by atoms with Gasteiger partial charge in [-0.3, -0.25) is 4.79 Å². The summed E-state index contributed by atoms with van der Waals surface area (Å²) in [5.41, 5.74) is 4.00. The largest absolute Gasteiger partial charge is 0.490 e. The lowest BCUT2D eigenvalue weighted by Gasteiger charge is -2.15. The van der Waals surface area contributed by atoms with Crippen LogP contribution in [0.3, 0.4) is 0 Å². The minimum absolute atomic E-state index is 0.142. The van der Waals surface area contributed by atoms with Crippen molar-refractivity contribution in [3.63, 3.8) is 0 Å². The number of rotatable bonds is 8. The summed E-state index contributed by atoms with van der Waals surface area (Å²) in [4.78, 5) is 12.2. The molecule has 34 heavy (non-hydrogen) atoms. The van der Waals surface area contributed by atoms with Gasteiger partial charge in [-0.15, -0.1) is 0 Å². The molecule has 0 radical (unpaired) electrons. The van der Waals surface area contributed by atoms with Gasteiger partial charge in [-0.1, -0.05) is 35.9 Å². The maximum Gasteiger partial charge on any atom is 0.416 e. The number of nitrogens with zero attached hydrogens (tertiary/aromatic N) is 1. The fraction of sp³-hybridized carbons (Fsp3) is 0.200. The molecule has 5 nitrogen and oxygen atoms in total. The average Bonchev–Trinajstić information content (AvgIpc) is 2.78. The molecule has 0 saturated carbocycles. The van der Waals surface area contributed by atoms with Gasteiger partial charge in [-0.25, -0.2) is 5.43 Å². The molecule has 178 valence electrons. The Morgan fingerprint density at radius 3 is 2.56 bits per heavy atom. The van der Waals surface area contributed by atoms with Crippen LogP contribution < -0.4 is 14.9 Å². The number of amides is 1. The first-order valence-corrected chi connectivity index (χ1v) is 11.4. The quantitative estimate of drug-likeness (QED) is 0.191. The Morgan fingerprint density at radius 1 is 1.09 bits per heavy atom. The first-order chi connectivity index (χ1) is 16.2. The van der Waals surface area contributed by atoms with Gasteiger partial charge in [0, 0.05) is 5.56 Å². The van der Waals surface area contributed by atoms with Crippen LogP contribution >= 0.6 is 22.6 Å². The number of carbonyl (C=O) groups is 1. The van der Waals surface area contributed by atoms with E-state index >= 15 is 0 Å². The number of alkyl halides is 3. The lowest BCUT2D eigenvalue weighted by atomic mass is 10.1. The summed E-state index contributed by atoms with van der Waals surface area (Å²) in [5.74, 6) is 0.363. The van der Waals surface area contributed by atoms with Crippen LogP contribution in [0.5, 0.6) is 11.5 Å². The van der Waals surface area contributed by atoms with Gasteiger partial charge in [-0.05, 0) is 77.9 Å². The first kappa shape index (κ1) is 25.5. The Bertz CT molecular complexity index is 1200. The fourth-order valence-corrected chi connectivity index (χ4v) is 3.87. The van der Waals surface area contributed by atoms with Gasteiger partial charge >= 0.3 is 6.18 Å². The normalized spacial score (nSPS) is 11.5. The van der Waals surface area contributed by atoms with Crippen LogP contribution in [0.4, 0.5) is 13.2 Å². The van der Waals surface area contributed by atoms with Gasteiger partial charge in [0.2, 0.25) is 0 Å². The Labute approximate surface area is 209 Å². The number of aryl methyl sites for hydroxylation is 1. The number of nitrogens with one attached hydrogen (secondary N) is 1. The third kappa shape index (κ3) is 6.96. The third-order valence-corrected chi connectivity index (χ3v) is 5.43. The highest BCUT2D eigenvalue weighted by Gasteiger charge is 2.30. The van der Waals surface area contributed by atoms with Gasteiger partial charge < -0.3 is 9.47 Å². The second-order valence-electron chi connectivity index (χ2n) is 7.32. The molecule has 0 aromatic heterocycles. The lowest BCUT2D eigenvalue weighted by molar-refractivity contribution is -0.137. The predicted molar refractivity (Wildman–Crippen MR) is 132 cm³/mol. The predicted octanol–water partition coefficient (Wildman–Crippen LogP) is 6.36. The Morgan fingerprint density at radius 2 is 1.85 bits per heavy atom. The average molecular weight is 582 g/mol. The zero-order valence-corrected chi connectivity index (χ0v) is 20.6. The fourth-order valence-electron chi connectivity index (χ4n) is 3.09. The van der Waals surface area contributed by atoms with Crippen LogP contribution in [0.15, 0.2) is 65.8 Å². The topological polar surface area (TPSA) is 59.9 Å². The summed E-state index contributed by atoms with van der Waals surface area (Å²) in [6.07, 6.45) is -3.14. The SMILES string of the molecule is CCOc1cc(/C=N\NC(=O)c2cccc(C(F)(F)F)c2)cc(I)c1OCc1cccc(C)c1. The molecule has 0 aliphatic heterocycles. The van der Waals surface area contributed by atoms with E-state index in [0.717, 1.165) is 26.8 Å². The Balaban J connectivity index is 1.72. The maximum absolute atomic E-state index is 12.9. The van der Waals surface area contributed by atoms with E-state index in [9.17, 15) is 18.0 Å². The number of hydrazone groups is 1. The van der Waals surface area contributed by atoms with Crippen molar-refractivity contribution in [3.05, 3.63) is 92.1 Å². The molecule has 0 spiro atoms. The van der Waals surface area contributed by atoms with Gasteiger partial charge in [0.25, 0.3) is 5.91 Å². The number of carbonyl (C=O) groups excluding carboxylic acids is 1. The molecule has 1 N–H and O–H groups in total. The molecular formula is C25H22F3IN2O3. The molecule has 3 aromatic rings. The summed E-state index contributed by atoms with van der Waals surface area (Å²) in [6, 6.07) is 15.7. The molecule has 3 aromatic carbocycles. The Hall–Kier alpha value is -3.08. The van der Waals surface area contributed by atoms with Crippen LogP contribution in [0.1, 0.15) is 39.5 Å². The van der Waals surface area contributed by atoms with E-state index in [1.807, 2.05) is 38.1 Å². The van der Waals surface area contributed by atoms with Crippen LogP contribution in [0.2, 0.25) is 0 Å². The van der Waals surface area contributed by atoms with Crippen molar-refractivity contribution in [1.82, 2.24) is 5.43 Å². The van der Waals surface area contributed by atoms with Crippen molar-refractivity contribution in [2.24, 2.45) is 5.10 Å². The summed E-state index contributed by atoms with van der Waals surface area (Å²) in [6.45, 7) is 4.66. The van der Waals surface area contributed by atoms with E-state index in [2.05, 4.69) is 33.1 Å². The smallest absolute Gasteiger partial charge is 0.416 e. The molecule has 9 heteroatoms. The monoisotopic (exact) mass is 582 g/mol. The summed E-state index contributed by atoms with van der Waals surface area (Å²) in [7, 11) is 0. The van der Waals surface area contributed by atoms with Gasteiger partial charge in [0.05, 0.1) is 22.0 Å². The van der Waals surface area contributed by atoms with E-state index in [1.165, 1.54) is 18.3 Å². The van der Waals surface area contributed by atoms with Crippen molar-refractivity contribution in [2.75, 3.05) is 6.61 Å². The third-order valence-electron chi connectivity index (χ3n) is 4.63. The van der Waals surface area contributed by atoms with Crippen molar-refractivity contribution >= 4 is 34.7 Å². The van der Waals surface area contributed by atoms with E-state index in [-0.39, 0.29) is 5.56 Å². The number of hydrogen-bond donors (Lipinski definition) is 1. The van der Waals surface area contributed by atoms with Crippen LogP contribution in [-0.4, -0.2) is 18.7 Å². The molecule has 1 amide bonds. The Kier molecular flexibility index (Phi) is 8.54. The van der Waals surface area contributed by atoms with Crippen molar-refractivity contribution < 1.29 is 27.4 Å². The second-order valence-corrected chi connectivity index (χ2v) is 8.48. The van der Waals surface area contributed by atoms with E-state index in [4.69, 9.17) is 9.47 Å². The highest BCUT2D eigenvalue weighted by molar-refractivity contribution is 14.1. The lowest BCUT2D eigenvalue weighted by Crippen LogP contribution is -2.18. The molecule has 0 atom stereocenters. The highest BCUT2D eigenvalue weighted by atomic mass is 127. The molecule has 0 saturated heterocycles. The van der Waals surface area contributed by atoms with Gasteiger partial charge in [0.15, 0.2) is 11.5 Å². The molecule has 0 fully saturated rings. The molecule has 0 heterocycles. The number of halogens is 4. The van der Waals surface area contributed by atoms with E-state index in [1.54, 1.807) is 12.1 Å². The molecule has 0 aliphatic carbocycles. The zero-order valence-electron chi connectivity index (χ0n) is 18.4. The number of benzene rings is 3. The summed E-state index contributed by atoms with van der Waals surface area (Å²) < 4.78 is 51.1. The van der Waals surface area contributed by atoms with Gasteiger partial charge in [0.1, 0.15) is 6.61 Å². The molecule has 0 aliphatic rings. The summed E-state index contributed by atoms with van der Waals surface area (Å²) >= 11 is 2.13. The molecular weight excluding hydrogens is 560 g/mol. The highest BCUT2D eigenvalue weighted by Crippen LogP contribution is 2.34. The minimum Gasteiger partial charge on any atom is -0.490 e. The van der Waals surface area contributed by atoms with Crippen LogP contribution in [-0.2, 0) is 12.8 Å². The number of hydrogen-bond acceptors (Lipinski definition) is 4. The van der Waals surface area contributed by atoms with E-state index < -0.39 is 17.6 Å². The standard InChI is InChI=1S/C25H22F3IN2O3/c1-3-33-22-12-18(11-21(29)23(22)34-15-17-7-4-6-16(2)10-17)14-30-31-24(32)19-8-5-9-20(13-19)25(26,27)28/h4-14H,3,15H2,1-2H3,(H,31,32)/b30-14-. The molecule has 0 unspecified atom stereocenters. The van der Waals surface area contributed by atoms with Crippen LogP contribution in [0, 0.1) is 10.5 Å². The van der Waals surface area contributed by atoms with Crippen LogP contribution in [0.25, 0.3) is 0 Å². The minimum atomic E-state index is -4.53. The number of ether oxygens (including phenoxy) is 2. The second kappa shape index (κ2) is 11.4. The first-order valence-electron chi connectivity index (χ1n) is 10.3. The maximum atomic E-state index is 12.9. The van der Waals surface area contributed by atoms with Gasteiger partial charge in [-0.2, -0.15) is 18.3 Å². The van der Waals surface area contributed by atoms with Crippen molar-refractivity contribution in [2.45, 2.75) is 26.6 Å². The molecule has 3 rings (SSSR count). The summed E-state index contributed by atoms with van der Waals surface area (Å²) in [5, 5.41) is 3.88.